The molecule has 2 rings (SSSR count). The molecule has 25 heavy (non-hydrogen) atoms. The predicted molar refractivity (Wildman–Crippen MR) is 83.4 cm³/mol. The molecule has 0 aliphatic carbocycles. The van der Waals surface area contributed by atoms with Crippen LogP contribution in [0.1, 0.15) is 19.4 Å². The fraction of sp³-hybridized carbons (Fsp3) is 0.438. The molecule has 0 saturated carbocycles. The number of carbonyl (C=O) groups excluding carboxylic acids is 3. The molecule has 1 aliphatic rings. The summed E-state index contributed by atoms with van der Waals surface area (Å²) in [6.45, 7) is 2.86. The van der Waals surface area contributed by atoms with Crippen LogP contribution in [-0.2, 0) is 19.9 Å². The molecule has 1 aromatic rings. The zero-order chi connectivity index (χ0) is 18.8. The van der Waals surface area contributed by atoms with Gasteiger partial charge in [-0.3, -0.25) is 14.5 Å². The lowest BCUT2D eigenvalue weighted by Gasteiger charge is -2.22. The highest BCUT2D eigenvalue weighted by Gasteiger charge is 2.49. The van der Waals surface area contributed by atoms with E-state index in [1.54, 1.807) is 6.92 Å². The van der Waals surface area contributed by atoms with Crippen molar-refractivity contribution in [2.75, 3.05) is 20.3 Å². The molecular formula is C16H19F2N3O4. The molecule has 136 valence electrons. The minimum atomic E-state index is -1.58. The highest BCUT2D eigenvalue weighted by Crippen LogP contribution is 2.29. The number of methoxy groups -OCH3 is 1. The van der Waals surface area contributed by atoms with Crippen molar-refractivity contribution in [3.8, 4) is 0 Å². The first-order valence-corrected chi connectivity index (χ1v) is 7.57. The second-order valence-electron chi connectivity index (χ2n) is 6.00. The van der Waals surface area contributed by atoms with Crippen LogP contribution >= 0.6 is 0 Å². The fourth-order valence-electron chi connectivity index (χ4n) is 2.60. The monoisotopic (exact) mass is 355 g/mol. The number of urea groups is 1. The number of amides is 4. The Morgan fingerprint density at radius 1 is 1.36 bits per heavy atom. The van der Waals surface area contributed by atoms with Gasteiger partial charge in [0.05, 0.1) is 6.61 Å². The first-order chi connectivity index (χ1) is 11.7. The molecule has 7 nitrogen and oxygen atoms in total. The average Bonchev–Trinajstić information content (AvgIpc) is 2.74. The van der Waals surface area contributed by atoms with Gasteiger partial charge in [-0.2, -0.15) is 0 Å². The molecule has 2 N–H and O–H groups in total. The van der Waals surface area contributed by atoms with Gasteiger partial charge in [0, 0.05) is 13.2 Å². The number of hydrogen-bond donors (Lipinski definition) is 2. The number of ether oxygens (including phenoxy) is 1. The minimum absolute atomic E-state index is 0.0837. The number of benzene rings is 1. The molecule has 1 saturated heterocycles. The van der Waals surface area contributed by atoms with Gasteiger partial charge in [0.25, 0.3) is 5.91 Å². The molecule has 2 atom stereocenters. The number of nitrogens with one attached hydrogen (secondary N) is 2. The van der Waals surface area contributed by atoms with E-state index in [2.05, 4.69) is 10.6 Å². The SMILES string of the molecule is COC[C@@H](C)NC(=O)CN1C(=O)N[C@@](C)(c2ccc(F)c(F)c2)C1=O. The van der Waals surface area contributed by atoms with E-state index in [1.165, 1.54) is 20.1 Å². The van der Waals surface area contributed by atoms with Crippen molar-refractivity contribution in [2.24, 2.45) is 0 Å². The fourth-order valence-corrected chi connectivity index (χ4v) is 2.60. The Hall–Kier alpha value is -2.55. The maximum atomic E-state index is 13.5. The van der Waals surface area contributed by atoms with E-state index in [-0.39, 0.29) is 18.2 Å². The molecule has 1 aliphatic heterocycles. The normalized spacial score (nSPS) is 21.2. The van der Waals surface area contributed by atoms with Gasteiger partial charge in [0.2, 0.25) is 5.91 Å². The van der Waals surface area contributed by atoms with Crippen LogP contribution in [0, 0.1) is 11.6 Å². The van der Waals surface area contributed by atoms with Crippen LogP contribution in [0.3, 0.4) is 0 Å². The summed E-state index contributed by atoms with van der Waals surface area (Å²) < 4.78 is 31.4. The lowest BCUT2D eigenvalue weighted by atomic mass is 9.92. The smallest absolute Gasteiger partial charge is 0.325 e. The third-order valence-corrected chi connectivity index (χ3v) is 3.90. The summed E-state index contributed by atoms with van der Waals surface area (Å²) in [7, 11) is 1.48. The van der Waals surface area contributed by atoms with E-state index < -0.39 is 41.6 Å². The van der Waals surface area contributed by atoms with Gasteiger partial charge in [0.1, 0.15) is 12.1 Å². The number of hydrogen-bond acceptors (Lipinski definition) is 4. The third-order valence-electron chi connectivity index (χ3n) is 3.90. The zero-order valence-corrected chi connectivity index (χ0v) is 14.1. The van der Waals surface area contributed by atoms with Gasteiger partial charge in [-0.05, 0) is 31.5 Å². The Morgan fingerprint density at radius 2 is 2.04 bits per heavy atom. The van der Waals surface area contributed by atoms with E-state index in [0.717, 1.165) is 17.0 Å². The van der Waals surface area contributed by atoms with Gasteiger partial charge in [-0.1, -0.05) is 6.07 Å². The molecule has 9 heteroatoms. The van der Waals surface area contributed by atoms with Crippen molar-refractivity contribution < 1.29 is 27.9 Å². The van der Waals surface area contributed by atoms with E-state index in [0.29, 0.717) is 0 Å². The van der Waals surface area contributed by atoms with Crippen molar-refractivity contribution in [2.45, 2.75) is 25.4 Å². The van der Waals surface area contributed by atoms with E-state index in [1.807, 2.05) is 0 Å². The quantitative estimate of drug-likeness (QED) is 0.742. The van der Waals surface area contributed by atoms with Crippen LogP contribution in [0.25, 0.3) is 0 Å². The predicted octanol–water partition coefficient (Wildman–Crippen LogP) is 0.883. The minimum Gasteiger partial charge on any atom is -0.383 e. The lowest BCUT2D eigenvalue weighted by molar-refractivity contribution is -0.135. The molecule has 0 spiro atoms. The van der Waals surface area contributed by atoms with E-state index in [4.69, 9.17) is 4.74 Å². The third kappa shape index (κ3) is 3.76. The molecule has 1 fully saturated rings. The molecule has 0 radical (unpaired) electrons. The van der Waals surface area contributed by atoms with Gasteiger partial charge >= 0.3 is 6.03 Å². The van der Waals surface area contributed by atoms with Gasteiger partial charge in [-0.25, -0.2) is 13.6 Å². The molecule has 1 heterocycles. The number of nitrogens with zero attached hydrogens (tertiary/aromatic N) is 1. The average molecular weight is 355 g/mol. The number of imide groups is 1. The van der Waals surface area contributed by atoms with Crippen LogP contribution in [-0.4, -0.2) is 49.0 Å². The molecule has 0 aromatic heterocycles. The topological polar surface area (TPSA) is 87.7 Å². The van der Waals surface area contributed by atoms with Gasteiger partial charge < -0.3 is 15.4 Å². The van der Waals surface area contributed by atoms with Gasteiger partial charge in [0.15, 0.2) is 11.6 Å². The molecule has 0 bridgehead atoms. The highest BCUT2D eigenvalue weighted by molar-refractivity contribution is 6.09. The Balaban J connectivity index is 2.16. The maximum Gasteiger partial charge on any atom is 0.325 e. The second kappa shape index (κ2) is 7.14. The van der Waals surface area contributed by atoms with Crippen LogP contribution < -0.4 is 10.6 Å². The first-order valence-electron chi connectivity index (χ1n) is 7.57. The molecular weight excluding hydrogens is 336 g/mol. The van der Waals surface area contributed by atoms with Crippen molar-refractivity contribution in [3.05, 3.63) is 35.4 Å². The number of halogens is 2. The molecule has 1 aromatic carbocycles. The van der Waals surface area contributed by atoms with Crippen molar-refractivity contribution in [1.29, 1.82) is 0 Å². The highest BCUT2D eigenvalue weighted by atomic mass is 19.2. The van der Waals surface area contributed by atoms with Crippen molar-refractivity contribution in [3.63, 3.8) is 0 Å². The van der Waals surface area contributed by atoms with Crippen LogP contribution in [0.15, 0.2) is 18.2 Å². The standard InChI is InChI=1S/C16H19F2N3O4/c1-9(8-25-3)19-13(22)7-21-14(23)16(2,20-15(21)24)10-4-5-11(17)12(18)6-10/h4-6,9H,7-8H2,1-3H3,(H,19,22)(H,20,24)/t9-,16+/m1/s1. The summed E-state index contributed by atoms with van der Waals surface area (Å²) >= 11 is 0. The number of rotatable bonds is 6. The summed E-state index contributed by atoms with van der Waals surface area (Å²) in [4.78, 5) is 37.4. The Bertz CT molecular complexity index is 713. The van der Waals surface area contributed by atoms with E-state index in [9.17, 15) is 23.2 Å². The largest absolute Gasteiger partial charge is 0.383 e. The van der Waals surface area contributed by atoms with Crippen LogP contribution in [0.5, 0.6) is 0 Å². The lowest BCUT2D eigenvalue weighted by Crippen LogP contribution is -2.45. The molecule has 0 unspecified atom stereocenters. The van der Waals surface area contributed by atoms with Crippen LogP contribution in [0.2, 0.25) is 0 Å². The van der Waals surface area contributed by atoms with E-state index >= 15 is 0 Å². The summed E-state index contributed by atoms with van der Waals surface area (Å²) in [5.41, 5.74) is -1.50. The van der Waals surface area contributed by atoms with Crippen LogP contribution in [0.4, 0.5) is 13.6 Å². The summed E-state index contributed by atoms with van der Waals surface area (Å²) in [5.74, 6) is -3.46. The summed E-state index contributed by atoms with van der Waals surface area (Å²) in [5, 5.41) is 5.01. The second-order valence-corrected chi connectivity index (χ2v) is 6.00. The van der Waals surface area contributed by atoms with Gasteiger partial charge in [-0.15, -0.1) is 0 Å². The molecule has 4 amide bonds. The first kappa shape index (κ1) is 18.8. The Labute approximate surface area is 143 Å². The van der Waals surface area contributed by atoms with Crippen molar-refractivity contribution in [1.82, 2.24) is 15.5 Å². The zero-order valence-electron chi connectivity index (χ0n) is 14.1. The Morgan fingerprint density at radius 3 is 2.64 bits per heavy atom. The summed E-state index contributed by atoms with van der Waals surface area (Å²) in [6.07, 6.45) is 0. The number of carbonyl (C=O) groups is 3. The maximum absolute atomic E-state index is 13.5. The summed E-state index contributed by atoms with van der Waals surface area (Å²) in [6, 6.07) is 1.85. The Kier molecular flexibility index (Phi) is 5.36. The van der Waals surface area contributed by atoms with Crippen molar-refractivity contribution >= 4 is 17.8 Å².